The molecule has 6 heteroatoms. The van der Waals surface area contributed by atoms with Crippen LogP contribution in [0.25, 0.3) is 0 Å². The van der Waals surface area contributed by atoms with Crippen molar-refractivity contribution in [2.24, 2.45) is 0 Å². The van der Waals surface area contributed by atoms with Crippen LogP contribution in [-0.4, -0.2) is 18.1 Å². The van der Waals surface area contributed by atoms with Gasteiger partial charge in [-0.05, 0) is 12.8 Å². The zero-order valence-corrected chi connectivity index (χ0v) is 10.6. The van der Waals surface area contributed by atoms with Crippen LogP contribution in [0.5, 0.6) is 0 Å². The van der Waals surface area contributed by atoms with E-state index >= 15 is 0 Å². The van der Waals surface area contributed by atoms with Gasteiger partial charge in [0, 0.05) is 16.8 Å². The van der Waals surface area contributed by atoms with Crippen LogP contribution < -0.4 is 0 Å². The first kappa shape index (κ1) is 17.0. The Morgan fingerprint density at radius 1 is 1.07 bits per heavy atom. The molecule has 0 saturated heterocycles. The summed E-state index contributed by atoms with van der Waals surface area (Å²) in [6, 6.07) is 0. The Balaban J connectivity index is 0. The van der Waals surface area contributed by atoms with Gasteiger partial charge in [-0.25, -0.2) is 4.57 Å². The number of phosphoric acid groups is 1. The second-order valence-electron chi connectivity index (χ2n) is 2.84. The molecular formula is C8H19CoO4P. The summed E-state index contributed by atoms with van der Waals surface area (Å²) in [6.07, 6.45) is 3.44. The summed E-state index contributed by atoms with van der Waals surface area (Å²) in [4.78, 5) is 9.08. The summed E-state index contributed by atoms with van der Waals surface area (Å²) < 4.78 is 20.5. The number of unbranched alkanes of at least 4 members (excludes halogenated alkanes) is 2. The molecule has 0 atom stereocenters. The molecule has 1 radical (unpaired) electrons. The van der Waals surface area contributed by atoms with E-state index in [0.29, 0.717) is 0 Å². The fourth-order valence-electron chi connectivity index (χ4n) is 0.686. The third kappa shape index (κ3) is 10.7. The summed E-state index contributed by atoms with van der Waals surface area (Å²) in [5.41, 5.74) is 0. The molecule has 0 spiro atoms. The minimum Gasteiger partial charge on any atom is -0.302 e. The molecule has 0 unspecified atom stereocenters. The molecule has 14 heavy (non-hydrogen) atoms. The number of hydrogen-bond donors (Lipinski definition) is 1. The molecule has 1 N–H and O–H groups in total. The van der Waals surface area contributed by atoms with Crippen molar-refractivity contribution in [2.75, 3.05) is 13.2 Å². The van der Waals surface area contributed by atoms with E-state index in [2.05, 4.69) is 0 Å². The van der Waals surface area contributed by atoms with Gasteiger partial charge in [0.1, 0.15) is 0 Å². The molecule has 0 amide bonds. The monoisotopic (exact) mass is 269 g/mol. The van der Waals surface area contributed by atoms with Crippen LogP contribution in [0, 0.1) is 0 Å². The van der Waals surface area contributed by atoms with Crippen molar-refractivity contribution in [3.8, 4) is 0 Å². The summed E-state index contributed by atoms with van der Waals surface area (Å²) in [7, 11) is -3.75. The van der Waals surface area contributed by atoms with Gasteiger partial charge in [0.15, 0.2) is 0 Å². The first-order valence-electron chi connectivity index (χ1n) is 4.74. The number of phosphoric ester groups is 1. The van der Waals surface area contributed by atoms with Crippen molar-refractivity contribution in [2.45, 2.75) is 39.5 Å². The van der Waals surface area contributed by atoms with E-state index in [0.717, 1.165) is 25.7 Å². The third-order valence-corrected chi connectivity index (χ3v) is 2.52. The van der Waals surface area contributed by atoms with Crippen molar-refractivity contribution < 1.29 is 35.3 Å². The molecule has 0 aromatic heterocycles. The minimum atomic E-state index is -3.75. The van der Waals surface area contributed by atoms with E-state index in [1.54, 1.807) is 0 Å². The van der Waals surface area contributed by atoms with E-state index in [1.807, 2.05) is 13.8 Å². The molecule has 0 aromatic carbocycles. The molecule has 0 aliphatic carbocycles. The summed E-state index contributed by atoms with van der Waals surface area (Å²) >= 11 is 0. The Morgan fingerprint density at radius 3 is 1.71 bits per heavy atom. The van der Waals surface area contributed by atoms with Gasteiger partial charge in [-0.1, -0.05) is 26.7 Å². The summed E-state index contributed by atoms with van der Waals surface area (Å²) in [5, 5.41) is 0. The zero-order chi connectivity index (χ0) is 10.2. The van der Waals surface area contributed by atoms with Gasteiger partial charge in [-0.2, -0.15) is 0 Å². The largest absolute Gasteiger partial charge is 0.472 e. The predicted octanol–water partition coefficient (Wildman–Crippen LogP) is 2.72. The van der Waals surface area contributed by atoms with E-state index in [1.165, 1.54) is 0 Å². The van der Waals surface area contributed by atoms with Crippen LogP contribution in [0.3, 0.4) is 0 Å². The summed E-state index contributed by atoms with van der Waals surface area (Å²) in [6.45, 7) is 4.56. The topological polar surface area (TPSA) is 55.8 Å². The molecule has 4 nitrogen and oxygen atoms in total. The van der Waals surface area contributed by atoms with Crippen LogP contribution in [0.1, 0.15) is 39.5 Å². The van der Waals surface area contributed by atoms with Gasteiger partial charge in [-0.3, -0.25) is 9.05 Å². The van der Waals surface area contributed by atoms with Gasteiger partial charge in [0.2, 0.25) is 0 Å². The maximum atomic E-state index is 11.1. The molecular weight excluding hydrogens is 250 g/mol. The van der Waals surface area contributed by atoms with Crippen molar-refractivity contribution in [1.82, 2.24) is 0 Å². The predicted molar refractivity (Wildman–Crippen MR) is 51.5 cm³/mol. The Kier molecular flexibility index (Phi) is 12.3. The quantitative estimate of drug-likeness (QED) is 0.543. The van der Waals surface area contributed by atoms with Gasteiger partial charge < -0.3 is 4.89 Å². The normalized spacial score (nSPS) is 11.1. The first-order valence-corrected chi connectivity index (χ1v) is 6.23. The standard InChI is InChI=1S/C8H19O4P.Co/c1-3-5-7-11-13(9,10)12-8-6-4-2;/h3-8H2,1-2H3,(H,9,10);. The molecule has 0 aliphatic heterocycles. The van der Waals surface area contributed by atoms with Crippen molar-refractivity contribution in [3.63, 3.8) is 0 Å². The Morgan fingerprint density at radius 2 is 1.43 bits per heavy atom. The van der Waals surface area contributed by atoms with E-state index in [9.17, 15) is 4.57 Å². The Bertz CT molecular complexity index is 151. The van der Waals surface area contributed by atoms with Crippen LogP contribution in [0.4, 0.5) is 0 Å². The van der Waals surface area contributed by atoms with E-state index < -0.39 is 7.82 Å². The first-order chi connectivity index (χ1) is 6.12. The maximum Gasteiger partial charge on any atom is 0.472 e. The van der Waals surface area contributed by atoms with Crippen LogP contribution in [0.15, 0.2) is 0 Å². The molecule has 0 aromatic rings. The van der Waals surface area contributed by atoms with Crippen molar-refractivity contribution in [3.05, 3.63) is 0 Å². The van der Waals surface area contributed by atoms with E-state index in [4.69, 9.17) is 13.9 Å². The Labute approximate surface area is 96.2 Å². The van der Waals surface area contributed by atoms with Gasteiger partial charge in [-0.15, -0.1) is 0 Å². The summed E-state index contributed by atoms with van der Waals surface area (Å²) in [5.74, 6) is 0. The minimum absolute atomic E-state index is 0. The SMILES string of the molecule is CCCCOP(=O)(O)OCCCC.[Co]. The molecule has 0 saturated carbocycles. The zero-order valence-electron chi connectivity index (χ0n) is 8.70. The smallest absolute Gasteiger partial charge is 0.302 e. The molecule has 0 rings (SSSR count). The van der Waals surface area contributed by atoms with Crippen molar-refractivity contribution in [1.29, 1.82) is 0 Å². The molecule has 0 aliphatic rings. The van der Waals surface area contributed by atoms with Crippen molar-refractivity contribution >= 4 is 7.82 Å². The molecule has 0 fully saturated rings. The van der Waals surface area contributed by atoms with Gasteiger partial charge in [0.25, 0.3) is 0 Å². The average Bonchev–Trinajstić information content (AvgIpc) is 2.05. The number of hydrogen-bond acceptors (Lipinski definition) is 3. The van der Waals surface area contributed by atoms with Crippen LogP contribution in [-0.2, 0) is 30.4 Å². The molecule has 0 bridgehead atoms. The van der Waals surface area contributed by atoms with Gasteiger partial charge >= 0.3 is 7.82 Å². The molecule has 0 heterocycles. The molecule has 89 valence electrons. The Hall–Kier alpha value is 0.616. The number of rotatable bonds is 8. The van der Waals surface area contributed by atoms with E-state index in [-0.39, 0.29) is 30.0 Å². The van der Waals surface area contributed by atoms with Gasteiger partial charge in [0.05, 0.1) is 13.2 Å². The average molecular weight is 269 g/mol. The second kappa shape index (κ2) is 10.1. The fraction of sp³-hybridized carbons (Fsp3) is 1.00. The fourth-order valence-corrected chi connectivity index (χ4v) is 1.48. The second-order valence-corrected chi connectivity index (χ2v) is 4.30. The third-order valence-electron chi connectivity index (χ3n) is 1.50. The maximum absolute atomic E-state index is 11.1. The van der Waals surface area contributed by atoms with Crippen LogP contribution >= 0.6 is 7.82 Å². The van der Waals surface area contributed by atoms with Crippen LogP contribution in [0.2, 0.25) is 0 Å².